The monoisotopic (exact) mass is 516 g/mol. The summed E-state index contributed by atoms with van der Waals surface area (Å²) in [6, 6.07) is 10.4. The fraction of sp³-hybridized carbons (Fsp3) is 0.100. The summed E-state index contributed by atoms with van der Waals surface area (Å²) in [5.41, 5.74) is 1.15. The number of phenols is 2. The van der Waals surface area contributed by atoms with E-state index < -0.39 is 41.3 Å². The Bertz CT molecular complexity index is 1320. The predicted octanol–water partition coefficient (Wildman–Crippen LogP) is 4.62. The molecule has 0 saturated heterocycles. The average molecular weight is 517 g/mol. The molecule has 3 aromatic rings. The van der Waals surface area contributed by atoms with E-state index in [0.717, 1.165) is 0 Å². The lowest BCUT2D eigenvalue weighted by molar-refractivity contribution is 0.430. The second-order valence-corrected chi connectivity index (χ2v) is 10.9. The summed E-state index contributed by atoms with van der Waals surface area (Å²) in [5.74, 6) is -1.68. The van der Waals surface area contributed by atoms with Crippen molar-refractivity contribution in [2.75, 3.05) is 9.44 Å². The third kappa shape index (κ3) is 4.73. The lowest BCUT2D eigenvalue weighted by Gasteiger charge is -2.16. The summed E-state index contributed by atoms with van der Waals surface area (Å²) in [4.78, 5) is -1.50. The fourth-order valence-electron chi connectivity index (χ4n) is 2.80. The van der Waals surface area contributed by atoms with Gasteiger partial charge >= 0.3 is 0 Å². The van der Waals surface area contributed by atoms with Crippen LogP contribution in [-0.4, -0.2) is 27.0 Å². The van der Waals surface area contributed by atoms with Crippen molar-refractivity contribution in [2.24, 2.45) is 0 Å². The van der Waals surface area contributed by atoms with Gasteiger partial charge in [-0.05, 0) is 55.3 Å². The number of nitrogens with one attached hydrogen (secondary N) is 2. The van der Waals surface area contributed by atoms with E-state index in [9.17, 15) is 27.0 Å². The van der Waals surface area contributed by atoms with Crippen LogP contribution in [0.1, 0.15) is 11.1 Å². The Kier molecular flexibility index (Phi) is 6.52. The van der Waals surface area contributed by atoms with Crippen molar-refractivity contribution < 1.29 is 27.0 Å². The van der Waals surface area contributed by atoms with Gasteiger partial charge in [0.1, 0.15) is 21.3 Å². The number of sulfonamides is 2. The van der Waals surface area contributed by atoms with Gasteiger partial charge in [0.25, 0.3) is 20.0 Å². The largest absolute Gasteiger partial charge is 0.506 e. The number of phenolic OH excluding ortho intramolecular Hbond substituents is 2. The van der Waals surface area contributed by atoms with Crippen LogP contribution >= 0.6 is 23.2 Å². The molecular formula is C20H18Cl2N2O6S2. The Hall–Kier alpha value is -2.66. The lowest BCUT2D eigenvalue weighted by atomic mass is 10.2. The molecule has 0 aliphatic carbocycles. The molecule has 4 N–H and O–H groups in total. The second kappa shape index (κ2) is 8.70. The van der Waals surface area contributed by atoms with Gasteiger partial charge in [0.2, 0.25) is 0 Å². The molecular weight excluding hydrogens is 499 g/mol. The van der Waals surface area contributed by atoms with Gasteiger partial charge in [0.05, 0.1) is 11.4 Å². The standard InChI is InChI=1S/C20H18Cl2N2O6S2/c1-11-13(21)5-3-7-15(11)23-31(27,28)19-10-20(18(26)9-17(19)25)32(29,30)24-16-8-4-6-14(22)12(16)2/h3-10,23-26H,1-2H3. The van der Waals surface area contributed by atoms with Gasteiger partial charge in [0, 0.05) is 16.1 Å². The van der Waals surface area contributed by atoms with Crippen molar-refractivity contribution in [1.29, 1.82) is 0 Å². The molecule has 0 heterocycles. The van der Waals surface area contributed by atoms with Crippen molar-refractivity contribution in [2.45, 2.75) is 23.6 Å². The quantitative estimate of drug-likeness (QED) is 0.377. The van der Waals surface area contributed by atoms with E-state index >= 15 is 0 Å². The molecule has 0 amide bonds. The van der Waals surface area contributed by atoms with E-state index in [1.807, 2.05) is 0 Å². The van der Waals surface area contributed by atoms with Crippen LogP contribution in [-0.2, 0) is 20.0 Å². The number of aromatic hydroxyl groups is 2. The number of halogens is 2. The number of anilines is 2. The van der Waals surface area contributed by atoms with Gasteiger partial charge in [-0.1, -0.05) is 35.3 Å². The number of hydrogen-bond donors (Lipinski definition) is 4. The maximum atomic E-state index is 12.9. The summed E-state index contributed by atoms with van der Waals surface area (Å²) in [5, 5.41) is 20.9. The zero-order chi connectivity index (χ0) is 23.8. The maximum absolute atomic E-state index is 12.9. The zero-order valence-electron chi connectivity index (χ0n) is 16.7. The highest BCUT2D eigenvalue weighted by Crippen LogP contribution is 2.36. The molecule has 0 unspecified atom stereocenters. The first-order chi connectivity index (χ1) is 14.8. The third-order valence-corrected chi connectivity index (χ3v) is 8.25. The number of benzene rings is 3. The van der Waals surface area contributed by atoms with E-state index in [0.29, 0.717) is 33.3 Å². The van der Waals surface area contributed by atoms with E-state index in [4.69, 9.17) is 23.2 Å². The minimum absolute atomic E-state index is 0.141. The van der Waals surface area contributed by atoms with E-state index in [1.54, 1.807) is 26.0 Å². The summed E-state index contributed by atoms with van der Waals surface area (Å²) < 4.78 is 56.1. The molecule has 12 heteroatoms. The van der Waals surface area contributed by atoms with Crippen LogP contribution in [0.3, 0.4) is 0 Å². The van der Waals surface area contributed by atoms with Gasteiger partial charge in [-0.3, -0.25) is 9.44 Å². The average Bonchev–Trinajstić information content (AvgIpc) is 2.68. The maximum Gasteiger partial charge on any atom is 0.265 e. The highest BCUT2D eigenvalue weighted by Gasteiger charge is 2.28. The SMILES string of the molecule is Cc1c(Cl)cccc1NS(=O)(=O)c1cc(S(=O)(=O)Nc2cccc(Cl)c2C)c(O)cc1O. The smallest absolute Gasteiger partial charge is 0.265 e. The molecule has 3 aromatic carbocycles. The van der Waals surface area contributed by atoms with Crippen molar-refractivity contribution in [3.05, 3.63) is 69.7 Å². The highest BCUT2D eigenvalue weighted by atomic mass is 35.5. The van der Waals surface area contributed by atoms with Crippen molar-refractivity contribution >= 4 is 54.6 Å². The molecule has 8 nitrogen and oxygen atoms in total. The number of rotatable bonds is 6. The molecule has 0 aliphatic rings. The highest BCUT2D eigenvalue weighted by molar-refractivity contribution is 7.93. The van der Waals surface area contributed by atoms with Gasteiger partial charge in [-0.2, -0.15) is 0 Å². The van der Waals surface area contributed by atoms with Gasteiger partial charge in [-0.25, -0.2) is 16.8 Å². The third-order valence-electron chi connectivity index (χ3n) is 4.64. The Morgan fingerprint density at radius 1 is 0.688 bits per heavy atom. The minimum atomic E-state index is -4.45. The van der Waals surface area contributed by atoms with Crippen LogP contribution in [0.2, 0.25) is 10.0 Å². The summed E-state index contributed by atoms with van der Waals surface area (Å²) >= 11 is 12.0. The molecule has 0 atom stereocenters. The van der Waals surface area contributed by atoms with Gasteiger partial charge < -0.3 is 10.2 Å². The van der Waals surface area contributed by atoms with Crippen LogP contribution in [0.4, 0.5) is 11.4 Å². The van der Waals surface area contributed by atoms with E-state index in [-0.39, 0.29) is 11.4 Å². The van der Waals surface area contributed by atoms with Crippen LogP contribution in [0.25, 0.3) is 0 Å². The van der Waals surface area contributed by atoms with E-state index in [1.165, 1.54) is 24.3 Å². The number of hydrogen-bond acceptors (Lipinski definition) is 6. The van der Waals surface area contributed by atoms with Gasteiger partial charge in [-0.15, -0.1) is 0 Å². The molecule has 0 spiro atoms. The zero-order valence-corrected chi connectivity index (χ0v) is 19.9. The lowest BCUT2D eigenvalue weighted by Crippen LogP contribution is -2.17. The Morgan fingerprint density at radius 3 is 1.44 bits per heavy atom. The van der Waals surface area contributed by atoms with Crippen molar-refractivity contribution in [1.82, 2.24) is 0 Å². The molecule has 32 heavy (non-hydrogen) atoms. The molecule has 3 rings (SSSR count). The molecule has 0 aliphatic heterocycles. The van der Waals surface area contributed by atoms with Crippen LogP contribution < -0.4 is 9.44 Å². The molecule has 0 fully saturated rings. The topological polar surface area (TPSA) is 133 Å². The first-order valence-corrected chi connectivity index (χ1v) is 12.7. The first-order valence-electron chi connectivity index (χ1n) is 8.95. The molecule has 0 radical (unpaired) electrons. The minimum Gasteiger partial charge on any atom is -0.506 e. The molecule has 170 valence electrons. The van der Waals surface area contributed by atoms with Gasteiger partial charge in [0.15, 0.2) is 0 Å². The molecule has 0 aromatic heterocycles. The van der Waals surface area contributed by atoms with Crippen molar-refractivity contribution in [3.63, 3.8) is 0 Å². The fourth-order valence-corrected chi connectivity index (χ4v) is 5.68. The first kappa shape index (κ1) is 24.0. The van der Waals surface area contributed by atoms with Crippen molar-refractivity contribution in [3.8, 4) is 11.5 Å². The van der Waals surface area contributed by atoms with E-state index in [2.05, 4.69) is 9.44 Å². The Balaban J connectivity index is 2.07. The Morgan fingerprint density at radius 2 is 1.06 bits per heavy atom. The Labute approximate surface area is 195 Å². The van der Waals surface area contributed by atoms with Crippen LogP contribution in [0, 0.1) is 13.8 Å². The summed E-state index contributed by atoms with van der Waals surface area (Å²) in [6.07, 6.45) is 0. The second-order valence-electron chi connectivity index (χ2n) is 6.82. The molecule has 0 saturated carbocycles. The molecule has 0 bridgehead atoms. The van der Waals surface area contributed by atoms with Crippen LogP contribution in [0.15, 0.2) is 58.3 Å². The normalized spacial score (nSPS) is 11.9. The predicted molar refractivity (Wildman–Crippen MR) is 124 cm³/mol. The summed E-state index contributed by atoms with van der Waals surface area (Å²) in [6.45, 7) is 3.17. The van der Waals surface area contributed by atoms with Crippen LogP contribution in [0.5, 0.6) is 11.5 Å². The summed E-state index contributed by atoms with van der Waals surface area (Å²) in [7, 11) is -8.91.